The van der Waals surface area contributed by atoms with E-state index in [0.29, 0.717) is 0 Å². The highest BCUT2D eigenvalue weighted by molar-refractivity contribution is 7.98. The Morgan fingerprint density at radius 2 is 1.83 bits per heavy atom. The first-order valence-corrected chi connectivity index (χ1v) is 11.3. The predicted molar refractivity (Wildman–Crippen MR) is 119 cm³/mol. The molecular weight excluding hydrogens is 400 g/mol. The Kier molecular flexibility index (Phi) is 6.27. The zero-order valence-corrected chi connectivity index (χ0v) is 18.0. The number of benzene rings is 2. The molecule has 0 saturated heterocycles. The number of nitrogens with zero attached hydrogens (tertiary/aromatic N) is 4. The van der Waals surface area contributed by atoms with E-state index in [0.717, 1.165) is 51.7 Å². The van der Waals surface area contributed by atoms with Gasteiger partial charge in [-0.2, -0.15) is 0 Å². The number of ether oxygens (including phenoxy) is 1. The van der Waals surface area contributed by atoms with Gasteiger partial charge in [-0.05, 0) is 24.6 Å². The van der Waals surface area contributed by atoms with Gasteiger partial charge in [0.2, 0.25) is 0 Å². The average molecular weight is 423 g/mol. The first-order chi connectivity index (χ1) is 14.3. The van der Waals surface area contributed by atoms with Crippen LogP contribution in [0.5, 0.6) is 5.75 Å². The van der Waals surface area contributed by atoms with Crippen LogP contribution in [0.4, 0.5) is 0 Å². The fourth-order valence-corrected chi connectivity index (χ4v) is 4.98. The van der Waals surface area contributed by atoms with Crippen molar-refractivity contribution < 1.29 is 4.74 Å². The van der Waals surface area contributed by atoms with Crippen molar-refractivity contribution >= 4 is 23.1 Å². The second-order valence-electron chi connectivity index (χ2n) is 6.44. The molecule has 7 heteroatoms. The van der Waals surface area contributed by atoms with Crippen molar-refractivity contribution in [3.8, 4) is 16.3 Å². The number of rotatable bonds is 8. The van der Waals surface area contributed by atoms with E-state index in [1.807, 2.05) is 30.3 Å². The molecule has 0 aliphatic rings. The SMILES string of the molecule is CCn1c(Cc2ccccc2)nnc1SCc1csc(-c2ccccc2OC)n1. The van der Waals surface area contributed by atoms with Crippen molar-refractivity contribution in [3.63, 3.8) is 0 Å². The van der Waals surface area contributed by atoms with E-state index in [4.69, 9.17) is 9.72 Å². The van der Waals surface area contributed by atoms with Gasteiger partial charge in [-0.25, -0.2) is 4.98 Å². The molecule has 2 aromatic heterocycles. The maximum atomic E-state index is 5.46. The van der Waals surface area contributed by atoms with Crippen molar-refractivity contribution in [1.82, 2.24) is 19.7 Å². The van der Waals surface area contributed by atoms with Gasteiger partial charge < -0.3 is 9.30 Å². The van der Waals surface area contributed by atoms with Gasteiger partial charge in [0.1, 0.15) is 16.6 Å². The number of thioether (sulfide) groups is 1. The van der Waals surface area contributed by atoms with Gasteiger partial charge in [-0.15, -0.1) is 21.5 Å². The molecule has 0 fully saturated rings. The van der Waals surface area contributed by atoms with Crippen molar-refractivity contribution in [2.24, 2.45) is 0 Å². The molecule has 0 saturated carbocycles. The third kappa shape index (κ3) is 4.52. The van der Waals surface area contributed by atoms with Gasteiger partial charge in [-0.1, -0.05) is 54.2 Å². The topological polar surface area (TPSA) is 52.8 Å². The van der Waals surface area contributed by atoms with E-state index in [-0.39, 0.29) is 0 Å². The minimum absolute atomic E-state index is 0.759. The number of thiazole rings is 1. The fourth-order valence-electron chi connectivity index (χ4n) is 3.11. The second kappa shape index (κ2) is 9.24. The lowest BCUT2D eigenvalue weighted by Crippen LogP contribution is -2.04. The lowest BCUT2D eigenvalue weighted by Gasteiger charge is -2.07. The van der Waals surface area contributed by atoms with Gasteiger partial charge in [-0.3, -0.25) is 0 Å². The third-order valence-electron chi connectivity index (χ3n) is 4.55. The van der Waals surface area contributed by atoms with Gasteiger partial charge in [0.05, 0.1) is 18.4 Å². The summed E-state index contributed by atoms with van der Waals surface area (Å²) >= 11 is 3.31. The molecule has 148 valence electrons. The Hall–Kier alpha value is -2.64. The largest absolute Gasteiger partial charge is 0.496 e. The molecule has 2 aromatic carbocycles. The van der Waals surface area contributed by atoms with E-state index >= 15 is 0 Å². The highest BCUT2D eigenvalue weighted by Crippen LogP contribution is 2.33. The van der Waals surface area contributed by atoms with Gasteiger partial charge >= 0.3 is 0 Å². The van der Waals surface area contributed by atoms with Gasteiger partial charge in [0.25, 0.3) is 0 Å². The minimum atomic E-state index is 0.759. The van der Waals surface area contributed by atoms with E-state index in [1.54, 1.807) is 30.2 Å². The molecule has 0 aliphatic carbocycles. The van der Waals surface area contributed by atoms with Crippen LogP contribution in [0.2, 0.25) is 0 Å². The van der Waals surface area contributed by atoms with E-state index < -0.39 is 0 Å². The normalized spacial score (nSPS) is 11.0. The summed E-state index contributed by atoms with van der Waals surface area (Å²) in [4.78, 5) is 4.79. The lowest BCUT2D eigenvalue weighted by atomic mass is 10.1. The predicted octanol–water partition coefficient (Wildman–Crippen LogP) is 5.31. The summed E-state index contributed by atoms with van der Waals surface area (Å²) < 4.78 is 7.65. The highest BCUT2D eigenvalue weighted by atomic mass is 32.2. The molecule has 0 aliphatic heterocycles. The number of methoxy groups -OCH3 is 1. The molecule has 0 unspecified atom stereocenters. The van der Waals surface area contributed by atoms with Gasteiger partial charge in [0.15, 0.2) is 5.16 Å². The maximum Gasteiger partial charge on any atom is 0.191 e. The first kappa shape index (κ1) is 19.7. The molecule has 0 bridgehead atoms. The molecule has 2 heterocycles. The maximum absolute atomic E-state index is 5.46. The van der Waals surface area contributed by atoms with E-state index in [2.05, 4.69) is 51.3 Å². The molecule has 0 atom stereocenters. The summed E-state index contributed by atoms with van der Waals surface area (Å²) in [6.45, 7) is 2.98. The number of hydrogen-bond acceptors (Lipinski definition) is 6. The molecular formula is C22H22N4OS2. The number of aromatic nitrogens is 4. The molecule has 4 rings (SSSR count). The van der Waals surface area contributed by atoms with Crippen LogP contribution in [0.25, 0.3) is 10.6 Å². The summed E-state index contributed by atoms with van der Waals surface area (Å²) in [6, 6.07) is 18.4. The summed E-state index contributed by atoms with van der Waals surface area (Å²) in [5.41, 5.74) is 3.31. The fraction of sp³-hybridized carbons (Fsp3) is 0.227. The van der Waals surface area contributed by atoms with E-state index in [1.165, 1.54) is 5.56 Å². The van der Waals surface area contributed by atoms with Crippen LogP contribution in [0.1, 0.15) is 24.0 Å². The van der Waals surface area contributed by atoms with Crippen LogP contribution in [-0.4, -0.2) is 26.9 Å². The number of para-hydroxylation sites is 1. The summed E-state index contributed by atoms with van der Waals surface area (Å²) in [5, 5.41) is 12.9. The zero-order valence-electron chi connectivity index (χ0n) is 16.4. The Labute approximate surface area is 178 Å². The Morgan fingerprint density at radius 1 is 1.03 bits per heavy atom. The van der Waals surface area contributed by atoms with Crippen LogP contribution in [0, 0.1) is 0 Å². The summed E-state index contributed by atoms with van der Waals surface area (Å²) in [5.74, 6) is 2.60. The molecule has 29 heavy (non-hydrogen) atoms. The minimum Gasteiger partial charge on any atom is -0.496 e. The molecule has 0 amide bonds. The first-order valence-electron chi connectivity index (χ1n) is 9.45. The molecule has 0 spiro atoms. The van der Waals surface area contributed by atoms with Crippen molar-refractivity contribution in [3.05, 3.63) is 77.1 Å². The van der Waals surface area contributed by atoms with E-state index in [9.17, 15) is 0 Å². The standard InChI is InChI=1S/C22H22N4OS2/c1-3-26-20(13-16-9-5-4-6-10-16)24-25-22(26)29-15-17-14-28-21(23-17)18-11-7-8-12-19(18)27-2/h4-12,14H,3,13,15H2,1-2H3. The highest BCUT2D eigenvalue weighted by Gasteiger charge is 2.14. The van der Waals surface area contributed by atoms with Crippen molar-refractivity contribution in [2.45, 2.75) is 30.8 Å². The molecule has 0 N–H and O–H groups in total. The summed E-state index contributed by atoms with van der Waals surface area (Å²) in [7, 11) is 1.69. The van der Waals surface area contributed by atoms with Crippen molar-refractivity contribution in [1.29, 1.82) is 0 Å². The Morgan fingerprint density at radius 3 is 2.62 bits per heavy atom. The van der Waals surface area contributed by atoms with Crippen LogP contribution in [0.15, 0.2) is 65.1 Å². The monoisotopic (exact) mass is 422 g/mol. The van der Waals surface area contributed by atoms with Gasteiger partial charge in [0, 0.05) is 24.1 Å². The summed E-state index contributed by atoms with van der Waals surface area (Å²) in [6.07, 6.45) is 0.789. The van der Waals surface area contributed by atoms with Crippen molar-refractivity contribution in [2.75, 3.05) is 7.11 Å². The molecule has 0 radical (unpaired) electrons. The van der Waals surface area contributed by atoms with Crippen LogP contribution in [-0.2, 0) is 18.7 Å². The van der Waals surface area contributed by atoms with Crippen LogP contribution >= 0.6 is 23.1 Å². The second-order valence-corrected chi connectivity index (χ2v) is 8.24. The Bertz CT molecular complexity index is 1080. The zero-order chi connectivity index (χ0) is 20.1. The molecule has 4 aromatic rings. The average Bonchev–Trinajstić information content (AvgIpc) is 3.39. The Balaban J connectivity index is 1.46. The van der Waals surface area contributed by atoms with Crippen LogP contribution < -0.4 is 4.74 Å². The molecule has 5 nitrogen and oxygen atoms in total. The smallest absolute Gasteiger partial charge is 0.191 e. The third-order valence-corrected chi connectivity index (χ3v) is 6.48. The quantitative estimate of drug-likeness (QED) is 0.360. The number of hydrogen-bond donors (Lipinski definition) is 0. The van der Waals surface area contributed by atoms with Crippen LogP contribution in [0.3, 0.4) is 0 Å². The lowest BCUT2D eigenvalue weighted by molar-refractivity contribution is 0.416.